The average molecular weight is 268 g/mol. The lowest BCUT2D eigenvalue weighted by molar-refractivity contribution is -0.385. The molecular weight excluding hydrogens is 256 g/mol. The van der Waals surface area contributed by atoms with Gasteiger partial charge in [0.15, 0.2) is 0 Å². The van der Waals surface area contributed by atoms with Crippen LogP contribution in [0.2, 0.25) is 0 Å². The Hall–Kier alpha value is -2.45. The zero-order valence-electron chi connectivity index (χ0n) is 10.1. The molecule has 1 aromatic heterocycles. The van der Waals surface area contributed by atoms with Crippen molar-refractivity contribution in [2.75, 3.05) is 0 Å². The predicted octanol–water partition coefficient (Wildman–Crippen LogP) is 0.0654. The molecule has 9 nitrogen and oxygen atoms in total. The van der Waals surface area contributed by atoms with Crippen molar-refractivity contribution in [3.63, 3.8) is 0 Å². The van der Waals surface area contributed by atoms with Crippen LogP contribution in [0, 0.1) is 10.1 Å². The predicted molar refractivity (Wildman–Crippen MR) is 61.5 cm³/mol. The first-order valence-corrected chi connectivity index (χ1v) is 5.60. The number of hydrogen-bond donors (Lipinski definition) is 2. The zero-order chi connectivity index (χ0) is 14.2. The molecular formula is C10H12N4O5. The van der Waals surface area contributed by atoms with Crippen LogP contribution in [0.5, 0.6) is 0 Å². The van der Waals surface area contributed by atoms with Crippen LogP contribution in [0.1, 0.15) is 29.8 Å². The van der Waals surface area contributed by atoms with E-state index in [2.05, 4.69) is 10.4 Å². The van der Waals surface area contributed by atoms with Gasteiger partial charge in [-0.3, -0.25) is 19.6 Å². The van der Waals surface area contributed by atoms with Crippen LogP contribution in [0.25, 0.3) is 0 Å². The van der Waals surface area contributed by atoms with Crippen molar-refractivity contribution in [1.29, 1.82) is 0 Å². The molecule has 9 heteroatoms. The molecule has 0 spiro atoms. The quantitative estimate of drug-likeness (QED) is 0.587. The lowest BCUT2D eigenvalue weighted by Gasteiger charge is -2.37. The number of aromatic nitrogens is 2. The van der Waals surface area contributed by atoms with Gasteiger partial charge in [-0.15, -0.1) is 0 Å². The van der Waals surface area contributed by atoms with Crippen LogP contribution in [0.3, 0.4) is 0 Å². The summed E-state index contributed by atoms with van der Waals surface area (Å²) in [5.74, 6) is -1.97. The number of rotatable bonds is 4. The minimum absolute atomic E-state index is 0.314. The van der Waals surface area contributed by atoms with Crippen molar-refractivity contribution in [2.45, 2.75) is 24.8 Å². The molecule has 2 rings (SSSR count). The van der Waals surface area contributed by atoms with E-state index in [-0.39, 0.29) is 5.69 Å². The third-order valence-corrected chi connectivity index (χ3v) is 3.19. The SMILES string of the molecule is Cn1cc([N+](=O)[O-])c(C(=O)NC2(C(=O)O)CCC2)n1. The van der Waals surface area contributed by atoms with Crippen LogP contribution in [0.15, 0.2) is 6.20 Å². The average Bonchev–Trinajstić information content (AvgIpc) is 2.65. The highest BCUT2D eigenvalue weighted by atomic mass is 16.6. The highest BCUT2D eigenvalue weighted by molar-refractivity contribution is 5.99. The van der Waals surface area contributed by atoms with Crippen LogP contribution < -0.4 is 5.32 Å². The number of nitrogens with one attached hydrogen (secondary N) is 1. The normalized spacial score (nSPS) is 16.5. The van der Waals surface area contributed by atoms with Gasteiger partial charge in [-0.2, -0.15) is 5.10 Å². The molecule has 19 heavy (non-hydrogen) atoms. The van der Waals surface area contributed by atoms with Crippen molar-refractivity contribution in [2.24, 2.45) is 7.05 Å². The Morgan fingerprint density at radius 3 is 2.63 bits per heavy atom. The van der Waals surface area contributed by atoms with Crippen molar-refractivity contribution in [1.82, 2.24) is 15.1 Å². The maximum Gasteiger partial charge on any atom is 0.329 e. The van der Waals surface area contributed by atoms with E-state index in [0.717, 1.165) is 10.9 Å². The number of aliphatic carboxylic acids is 1. The molecule has 1 heterocycles. The number of aryl methyl sites for hydroxylation is 1. The Morgan fingerprint density at radius 2 is 2.21 bits per heavy atom. The first-order chi connectivity index (χ1) is 8.85. The van der Waals surface area contributed by atoms with Gasteiger partial charge in [-0.25, -0.2) is 4.79 Å². The van der Waals surface area contributed by atoms with Crippen molar-refractivity contribution < 1.29 is 19.6 Å². The number of nitrogens with zero attached hydrogens (tertiary/aromatic N) is 3. The van der Waals surface area contributed by atoms with E-state index < -0.39 is 28.0 Å². The van der Waals surface area contributed by atoms with Gasteiger partial charge in [0.05, 0.1) is 4.92 Å². The van der Waals surface area contributed by atoms with Crippen molar-refractivity contribution in [3.8, 4) is 0 Å². The van der Waals surface area contributed by atoms with Crippen LogP contribution in [-0.2, 0) is 11.8 Å². The minimum atomic E-state index is -1.32. The van der Waals surface area contributed by atoms with Crippen LogP contribution in [-0.4, -0.2) is 37.2 Å². The number of carbonyl (C=O) groups is 2. The smallest absolute Gasteiger partial charge is 0.329 e. The number of carboxylic acids is 1. The molecule has 0 unspecified atom stereocenters. The fraction of sp³-hybridized carbons (Fsp3) is 0.500. The van der Waals surface area contributed by atoms with Gasteiger partial charge in [0.25, 0.3) is 5.91 Å². The molecule has 1 aliphatic rings. The Balaban J connectivity index is 2.25. The third kappa shape index (κ3) is 2.14. The molecule has 0 aliphatic heterocycles. The number of carbonyl (C=O) groups excluding carboxylic acids is 1. The second-order valence-corrected chi connectivity index (χ2v) is 4.49. The van der Waals surface area contributed by atoms with Crippen molar-refractivity contribution >= 4 is 17.6 Å². The van der Waals surface area contributed by atoms with E-state index in [1.807, 2.05) is 0 Å². The maximum absolute atomic E-state index is 11.9. The lowest BCUT2D eigenvalue weighted by atomic mass is 9.76. The largest absolute Gasteiger partial charge is 0.480 e. The summed E-state index contributed by atoms with van der Waals surface area (Å²) < 4.78 is 1.14. The van der Waals surface area contributed by atoms with E-state index in [9.17, 15) is 19.7 Å². The Labute approximate surface area is 107 Å². The summed E-state index contributed by atoms with van der Waals surface area (Å²) in [6, 6.07) is 0. The zero-order valence-corrected chi connectivity index (χ0v) is 10.1. The standard InChI is InChI=1S/C10H12N4O5/c1-13-5-6(14(18)19)7(12-13)8(15)11-10(9(16)17)3-2-4-10/h5H,2-4H2,1H3,(H,11,15)(H,16,17). The molecule has 1 aliphatic carbocycles. The number of amides is 1. The summed E-state index contributed by atoms with van der Waals surface area (Å²) in [6.45, 7) is 0. The summed E-state index contributed by atoms with van der Waals surface area (Å²) in [5.41, 5.74) is -2.14. The fourth-order valence-electron chi connectivity index (χ4n) is 1.97. The summed E-state index contributed by atoms with van der Waals surface area (Å²) in [7, 11) is 1.44. The molecule has 0 bridgehead atoms. The van der Waals surface area contributed by atoms with Gasteiger partial charge in [0, 0.05) is 7.05 Å². The molecule has 0 aromatic carbocycles. The summed E-state index contributed by atoms with van der Waals surface area (Å²) in [6.07, 6.45) is 2.42. The molecule has 0 atom stereocenters. The van der Waals surface area contributed by atoms with Crippen LogP contribution in [0.4, 0.5) is 5.69 Å². The first kappa shape index (κ1) is 13.0. The highest BCUT2D eigenvalue weighted by Gasteiger charge is 2.46. The van der Waals surface area contributed by atoms with Gasteiger partial charge >= 0.3 is 11.7 Å². The van der Waals surface area contributed by atoms with E-state index >= 15 is 0 Å². The molecule has 1 aromatic rings. The van der Waals surface area contributed by atoms with E-state index in [4.69, 9.17) is 5.11 Å². The summed E-state index contributed by atoms with van der Waals surface area (Å²) in [5, 5.41) is 25.9. The van der Waals surface area contributed by atoms with E-state index in [0.29, 0.717) is 19.3 Å². The second kappa shape index (κ2) is 4.34. The molecule has 0 radical (unpaired) electrons. The molecule has 1 saturated carbocycles. The van der Waals surface area contributed by atoms with Crippen LogP contribution >= 0.6 is 0 Å². The number of nitro groups is 1. The van der Waals surface area contributed by atoms with Gasteiger partial charge in [-0.05, 0) is 19.3 Å². The molecule has 1 amide bonds. The first-order valence-electron chi connectivity index (χ1n) is 5.60. The molecule has 1 fully saturated rings. The number of carboxylic acid groups (broad SMARTS) is 1. The molecule has 2 N–H and O–H groups in total. The van der Waals surface area contributed by atoms with E-state index in [1.165, 1.54) is 7.05 Å². The molecule has 102 valence electrons. The maximum atomic E-state index is 11.9. The van der Waals surface area contributed by atoms with E-state index in [1.54, 1.807) is 0 Å². The lowest BCUT2D eigenvalue weighted by Crippen LogP contribution is -2.59. The minimum Gasteiger partial charge on any atom is -0.480 e. The summed E-state index contributed by atoms with van der Waals surface area (Å²) in [4.78, 5) is 33.1. The monoisotopic (exact) mass is 268 g/mol. The van der Waals surface area contributed by atoms with Gasteiger partial charge in [0.1, 0.15) is 11.7 Å². The fourth-order valence-corrected chi connectivity index (χ4v) is 1.97. The highest BCUT2D eigenvalue weighted by Crippen LogP contribution is 2.32. The second-order valence-electron chi connectivity index (χ2n) is 4.49. The topological polar surface area (TPSA) is 127 Å². The Bertz CT molecular complexity index is 560. The Kier molecular flexibility index (Phi) is 2.97. The summed E-state index contributed by atoms with van der Waals surface area (Å²) >= 11 is 0. The van der Waals surface area contributed by atoms with Gasteiger partial charge < -0.3 is 10.4 Å². The number of hydrogen-bond acceptors (Lipinski definition) is 5. The molecule has 0 saturated heterocycles. The van der Waals surface area contributed by atoms with Gasteiger partial charge in [-0.1, -0.05) is 0 Å². The Morgan fingerprint density at radius 1 is 1.58 bits per heavy atom. The van der Waals surface area contributed by atoms with Gasteiger partial charge in [0.2, 0.25) is 5.69 Å². The third-order valence-electron chi connectivity index (χ3n) is 3.19. The van der Waals surface area contributed by atoms with Crippen molar-refractivity contribution in [3.05, 3.63) is 22.0 Å².